The van der Waals surface area contributed by atoms with Crippen LogP contribution in [0, 0.1) is 0 Å². The lowest BCUT2D eigenvalue weighted by Crippen LogP contribution is -2.38. The maximum Gasteiger partial charge on any atom is 0.119 e. The van der Waals surface area contributed by atoms with Gasteiger partial charge in [-0.05, 0) is 17.7 Å². The Morgan fingerprint density at radius 2 is 1.95 bits per heavy atom. The molecule has 1 fully saturated rings. The Balaban J connectivity index is 1.73. The molecule has 1 saturated heterocycles. The van der Waals surface area contributed by atoms with Crippen molar-refractivity contribution in [3.05, 3.63) is 29.8 Å². The van der Waals surface area contributed by atoms with E-state index in [1.54, 1.807) is 0 Å². The van der Waals surface area contributed by atoms with Crippen LogP contribution in [0.3, 0.4) is 0 Å². The number of nitrogens with two attached hydrogens (primary N) is 1. The first-order valence-corrected chi connectivity index (χ1v) is 6.69. The number of morpholine rings is 1. The molecular formula is C14H22N2O3. The van der Waals surface area contributed by atoms with Crippen molar-refractivity contribution in [2.45, 2.75) is 6.04 Å². The molecule has 1 heterocycles. The van der Waals surface area contributed by atoms with Gasteiger partial charge in [-0.3, -0.25) is 4.90 Å². The molecule has 5 nitrogen and oxygen atoms in total. The van der Waals surface area contributed by atoms with Crippen LogP contribution in [-0.4, -0.2) is 56.1 Å². The lowest BCUT2D eigenvalue weighted by Gasteiger charge is -2.26. The molecule has 2 rings (SSSR count). The summed E-state index contributed by atoms with van der Waals surface area (Å²) in [5.41, 5.74) is 6.65. The van der Waals surface area contributed by atoms with Gasteiger partial charge in [0.05, 0.1) is 25.9 Å². The van der Waals surface area contributed by atoms with E-state index in [0.29, 0.717) is 6.61 Å². The molecule has 0 unspecified atom stereocenters. The minimum atomic E-state index is -0.317. The van der Waals surface area contributed by atoms with Crippen molar-refractivity contribution in [2.24, 2.45) is 5.73 Å². The Morgan fingerprint density at radius 3 is 2.58 bits per heavy atom. The summed E-state index contributed by atoms with van der Waals surface area (Å²) in [6.07, 6.45) is 0. The number of ether oxygens (including phenoxy) is 2. The molecule has 0 bridgehead atoms. The van der Waals surface area contributed by atoms with Gasteiger partial charge in [0, 0.05) is 19.6 Å². The van der Waals surface area contributed by atoms with Crippen molar-refractivity contribution in [3.63, 3.8) is 0 Å². The molecule has 0 radical (unpaired) electrons. The predicted molar refractivity (Wildman–Crippen MR) is 73.2 cm³/mol. The zero-order chi connectivity index (χ0) is 13.5. The number of rotatable bonds is 6. The van der Waals surface area contributed by atoms with Crippen LogP contribution in [0.4, 0.5) is 0 Å². The van der Waals surface area contributed by atoms with Gasteiger partial charge in [-0.15, -0.1) is 0 Å². The average molecular weight is 266 g/mol. The Bertz CT molecular complexity index is 363. The molecule has 1 aliphatic heterocycles. The van der Waals surface area contributed by atoms with Gasteiger partial charge in [-0.25, -0.2) is 0 Å². The van der Waals surface area contributed by atoms with Gasteiger partial charge in [0.15, 0.2) is 0 Å². The summed E-state index contributed by atoms with van der Waals surface area (Å²) in [5.74, 6) is 0.835. The SMILES string of the molecule is N[C@@H](CO)c1ccc(OCCN2CCOCC2)cc1. The molecule has 0 aliphatic carbocycles. The largest absolute Gasteiger partial charge is 0.492 e. The van der Waals surface area contributed by atoms with Crippen molar-refractivity contribution in [3.8, 4) is 5.75 Å². The molecule has 0 amide bonds. The van der Waals surface area contributed by atoms with E-state index in [0.717, 1.165) is 44.2 Å². The first kappa shape index (κ1) is 14.3. The normalized spacial score (nSPS) is 18.2. The van der Waals surface area contributed by atoms with E-state index in [2.05, 4.69) is 4.90 Å². The molecular weight excluding hydrogens is 244 g/mol. The Hall–Kier alpha value is -1.14. The minimum absolute atomic E-state index is 0.0444. The average Bonchev–Trinajstić information content (AvgIpc) is 2.48. The molecule has 3 N–H and O–H groups in total. The molecule has 1 aromatic carbocycles. The third kappa shape index (κ3) is 4.47. The molecule has 5 heteroatoms. The summed E-state index contributed by atoms with van der Waals surface area (Å²) in [6, 6.07) is 7.26. The summed E-state index contributed by atoms with van der Waals surface area (Å²) in [5, 5.41) is 8.97. The van der Waals surface area contributed by atoms with Crippen LogP contribution >= 0.6 is 0 Å². The highest BCUT2D eigenvalue weighted by Crippen LogP contribution is 2.16. The highest BCUT2D eigenvalue weighted by atomic mass is 16.5. The third-order valence-corrected chi connectivity index (χ3v) is 3.28. The summed E-state index contributed by atoms with van der Waals surface area (Å²) >= 11 is 0. The van der Waals surface area contributed by atoms with Crippen LogP contribution < -0.4 is 10.5 Å². The monoisotopic (exact) mass is 266 g/mol. The van der Waals surface area contributed by atoms with Crippen LogP contribution in [-0.2, 0) is 4.74 Å². The van der Waals surface area contributed by atoms with Crippen LogP contribution in [0.25, 0.3) is 0 Å². The highest BCUT2D eigenvalue weighted by molar-refractivity contribution is 5.29. The van der Waals surface area contributed by atoms with Crippen molar-refractivity contribution in [2.75, 3.05) is 46.1 Å². The van der Waals surface area contributed by atoms with Crippen LogP contribution in [0.5, 0.6) is 5.75 Å². The van der Waals surface area contributed by atoms with E-state index in [1.165, 1.54) is 0 Å². The molecule has 0 saturated carbocycles. The van der Waals surface area contributed by atoms with E-state index in [9.17, 15) is 0 Å². The second-order valence-electron chi connectivity index (χ2n) is 4.66. The fourth-order valence-electron chi connectivity index (χ4n) is 2.03. The topological polar surface area (TPSA) is 68.0 Å². The summed E-state index contributed by atoms with van der Waals surface area (Å²) < 4.78 is 11.0. The maximum atomic E-state index is 8.97. The summed E-state index contributed by atoms with van der Waals surface area (Å²) in [7, 11) is 0. The smallest absolute Gasteiger partial charge is 0.119 e. The van der Waals surface area contributed by atoms with Crippen molar-refractivity contribution in [1.29, 1.82) is 0 Å². The van der Waals surface area contributed by atoms with Gasteiger partial charge >= 0.3 is 0 Å². The Morgan fingerprint density at radius 1 is 1.26 bits per heavy atom. The quantitative estimate of drug-likeness (QED) is 0.779. The van der Waals surface area contributed by atoms with E-state index in [4.69, 9.17) is 20.3 Å². The van der Waals surface area contributed by atoms with Crippen molar-refractivity contribution < 1.29 is 14.6 Å². The number of aliphatic hydroxyl groups is 1. The fraction of sp³-hybridized carbons (Fsp3) is 0.571. The number of aliphatic hydroxyl groups excluding tert-OH is 1. The maximum absolute atomic E-state index is 8.97. The summed E-state index contributed by atoms with van der Waals surface area (Å²) in [4.78, 5) is 2.33. The molecule has 19 heavy (non-hydrogen) atoms. The fourth-order valence-corrected chi connectivity index (χ4v) is 2.03. The Labute approximate surface area is 113 Å². The van der Waals surface area contributed by atoms with E-state index in [1.807, 2.05) is 24.3 Å². The van der Waals surface area contributed by atoms with Gasteiger partial charge in [-0.2, -0.15) is 0 Å². The number of hydrogen-bond acceptors (Lipinski definition) is 5. The van der Waals surface area contributed by atoms with Crippen LogP contribution in [0.2, 0.25) is 0 Å². The molecule has 106 valence electrons. The standard InChI is InChI=1S/C14H22N2O3/c15-14(11-17)12-1-3-13(4-2-12)19-10-7-16-5-8-18-9-6-16/h1-4,14,17H,5-11,15H2/t14-/m0/s1. The zero-order valence-electron chi connectivity index (χ0n) is 11.1. The van der Waals surface area contributed by atoms with E-state index >= 15 is 0 Å². The first-order valence-electron chi connectivity index (χ1n) is 6.69. The molecule has 0 spiro atoms. The van der Waals surface area contributed by atoms with Gasteiger partial charge in [0.1, 0.15) is 12.4 Å². The lowest BCUT2D eigenvalue weighted by molar-refractivity contribution is 0.0322. The first-order chi connectivity index (χ1) is 9.29. The van der Waals surface area contributed by atoms with Crippen molar-refractivity contribution in [1.82, 2.24) is 4.90 Å². The van der Waals surface area contributed by atoms with E-state index in [-0.39, 0.29) is 12.6 Å². The number of benzene rings is 1. The lowest BCUT2D eigenvalue weighted by atomic mass is 10.1. The highest BCUT2D eigenvalue weighted by Gasteiger charge is 2.09. The van der Waals surface area contributed by atoms with Gasteiger partial charge in [0.25, 0.3) is 0 Å². The number of hydrogen-bond donors (Lipinski definition) is 2. The van der Waals surface area contributed by atoms with Crippen LogP contribution in [0.1, 0.15) is 11.6 Å². The van der Waals surface area contributed by atoms with Crippen molar-refractivity contribution >= 4 is 0 Å². The van der Waals surface area contributed by atoms with E-state index < -0.39 is 0 Å². The number of nitrogens with zero attached hydrogens (tertiary/aromatic N) is 1. The molecule has 1 atom stereocenters. The molecule has 1 aromatic rings. The van der Waals surface area contributed by atoms with Gasteiger partial charge in [0.2, 0.25) is 0 Å². The van der Waals surface area contributed by atoms with Gasteiger partial charge in [-0.1, -0.05) is 12.1 Å². The van der Waals surface area contributed by atoms with Gasteiger partial charge < -0.3 is 20.3 Å². The predicted octanol–water partition coefficient (Wildman–Crippen LogP) is 0.390. The zero-order valence-corrected chi connectivity index (χ0v) is 11.1. The second-order valence-corrected chi connectivity index (χ2v) is 4.66. The summed E-state index contributed by atoms with van der Waals surface area (Å²) in [6.45, 7) is 5.13. The Kier molecular flexibility index (Phi) is 5.60. The second kappa shape index (κ2) is 7.45. The third-order valence-electron chi connectivity index (χ3n) is 3.28. The minimum Gasteiger partial charge on any atom is -0.492 e. The van der Waals surface area contributed by atoms with Crippen LogP contribution in [0.15, 0.2) is 24.3 Å². The molecule has 1 aliphatic rings. The molecule has 0 aromatic heterocycles.